The highest BCUT2D eigenvalue weighted by Gasteiger charge is 2.16. The van der Waals surface area contributed by atoms with E-state index >= 15 is 0 Å². The Hall–Kier alpha value is -1.95. The van der Waals surface area contributed by atoms with Crippen molar-refractivity contribution >= 4 is 33.2 Å². The molecule has 2 aromatic rings. The van der Waals surface area contributed by atoms with Crippen LogP contribution in [-0.4, -0.2) is 12.5 Å². The predicted octanol–water partition coefficient (Wildman–Crippen LogP) is 4.41. The number of hydrogen-bond donors (Lipinski definition) is 2. The monoisotopic (exact) mass is 354 g/mol. The fraction of sp³-hybridized carbons (Fsp3) is 0.133. The highest BCUT2D eigenvalue weighted by molar-refractivity contribution is 9.10. The number of anilines is 2. The van der Waals surface area contributed by atoms with Crippen molar-refractivity contribution in [2.45, 2.75) is 6.92 Å². The lowest BCUT2D eigenvalue weighted by Gasteiger charge is -2.12. The summed E-state index contributed by atoms with van der Waals surface area (Å²) in [6.07, 6.45) is 0. The van der Waals surface area contributed by atoms with Gasteiger partial charge in [-0.3, -0.25) is 4.79 Å². The Labute approximate surface area is 129 Å². The molecule has 0 atom stereocenters. The van der Waals surface area contributed by atoms with E-state index in [1.54, 1.807) is 13.0 Å². The van der Waals surface area contributed by atoms with E-state index < -0.39 is 17.5 Å². The molecule has 110 valence electrons. The van der Waals surface area contributed by atoms with Crippen LogP contribution in [0.2, 0.25) is 0 Å². The maximum atomic E-state index is 13.7. The molecular formula is C15H13BrF2N2O. The molecule has 2 aromatic carbocycles. The first-order valence-electron chi connectivity index (χ1n) is 6.31. The third kappa shape index (κ3) is 3.58. The fourth-order valence-corrected chi connectivity index (χ4v) is 2.18. The van der Waals surface area contributed by atoms with Gasteiger partial charge in [-0.15, -0.1) is 0 Å². The molecular weight excluding hydrogens is 342 g/mol. The lowest BCUT2D eigenvalue weighted by atomic mass is 10.1. The van der Waals surface area contributed by atoms with Crippen LogP contribution in [0.1, 0.15) is 17.3 Å². The molecule has 0 bridgehead atoms. The molecule has 0 spiro atoms. The molecule has 0 aliphatic heterocycles. The summed E-state index contributed by atoms with van der Waals surface area (Å²) in [5.74, 6) is -1.67. The zero-order chi connectivity index (χ0) is 15.4. The average molecular weight is 355 g/mol. The van der Waals surface area contributed by atoms with E-state index in [0.717, 1.165) is 0 Å². The summed E-state index contributed by atoms with van der Waals surface area (Å²) >= 11 is 3.14. The Morgan fingerprint density at radius 3 is 2.62 bits per heavy atom. The Morgan fingerprint density at radius 1 is 1.19 bits per heavy atom. The summed E-state index contributed by atoms with van der Waals surface area (Å²) in [6, 6.07) is 8.45. The van der Waals surface area contributed by atoms with Crippen molar-refractivity contribution in [1.82, 2.24) is 0 Å². The Balaban J connectivity index is 2.30. The van der Waals surface area contributed by atoms with Gasteiger partial charge in [-0.25, -0.2) is 8.78 Å². The first kappa shape index (κ1) is 15.4. The first-order valence-corrected chi connectivity index (χ1v) is 7.11. The topological polar surface area (TPSA) is 41.1 Å². The Bertz CT molecular complexity index is 677. The second kappa shape index (κ2) is 6.67. The van der Waals surface area contributed by atoms with Crippen molar-refractivity contribution < 1.29 is 13.6 Å². The van der Waals surface area contributed by atoms with Crippen LogP contribution in [-0.2, 0) is 0 Å². The molecule has 6 heteroatoms. The van der Waals surface area contributed by atoms with E-state index in [1.807, 2.05) is 0 Å². The molecule has 0 unspecified atom stereocenters. The van der Waals surface area contributed by atoms with Gasteiger partial charge in [0.2, 0.25) is 0 Å². The zero-order valence-corrected chi connectivity index (χ0v) is 12.8. The molecule has 0 fully saturated rings. The summed E-state index contributed by atoms with van der Waals surface area (Å²) in [4.78, 5) is 12.2. The van der Waals surface area contributed by atoms with Gasteiger partial charge in [0.1, 0.15) is 11.6 Å². The predicted molar refractivity (Wildman–Crippen MR) is 82.6 cm³/mol. The van der Waals surface area contributed by atoms with Gasteiger partial charge < -0.3 is 10.6 Å². The summed E-state index contributed by atoms with van der Waals surface area (Å²) < 4.78 is 28.0. The minimum absolute atomic E-state index is 0.0370. The van der Waals surface area contributed by atoms with E-state index in [-0.39, 0.29) is 16.9 Å². The molecule has 0 saturated carbocycles. The maximum absolute atomic E-state index is 13.7. The highest BCUT2D eigenvalue weighted by Crippen LogP contribution is 2.23. The molecule has 1 amide bonds. The molecule has 0 heterocycles. The number of halogens is 3. The molecule has 21 heavy (non-hydrogen) atoms. The van der Waals surface area contributed by atoms with Crippen LogP contribution >= 0.6 is 15.9 Å². The van der Waals surface area contributed by atoms with Crippen molar-refractivity contribution in [1.29, 1.82) is 0 Å². The molecule has 0 aliphatic carbocycles. The van der Waals surface area contributed by atoms with E-state index in [0.29, 0.717) is 11.0 Å². The van der Waals surface area contributed by atoms with Gasteiger partial charge in [0.15, 0.2) is 0 Å². The van der Waals surface area contributed by atoms with Crippen LogP contribution in [0.4, 0.5) is 20.2 Å². The van der Waals surface area contributed by atoms with Crippen molar-refractivity contribution in [3.8, 4) is 0 Å². The zero-order valence-electron chi connectivity index (χ0n) is 11.2. The van der Waals surface area contributed by atoms with Crippen molar-refractivity contribution in [3.63, 3.8) is 0 Å². The van der Waals surface area contributed by atoms with Crippen LogP contribution in [0, 0.1) is 11.6 Å². The summed E-state index contributed by atoms with van der Waals surface area (Å²) in [5, 5.41) is 5.24. The summed E-state index contributed by atoms with van der Waals surface area (Å²) in [6.45, 7) is 2.26. The normalized spacial score (nSPS) is 10.3. The minimum Gasteiger partial charge on any atom is -0.382 e. The number of carbonyl (C=O) groups is 1. The number of rotatable bonds is 4. The fourth-order valence-electron chi connectivity index (χ4n) is 1.85. The Kier molecular flexibility index (Phi) is 4.90. The number of benzene rings is 2. The van der Waals surface area contributed by atoms with E-state index in [4.69, 9.17) is 0 Å². The third-order valence-electron chi connectivity index (χ3n) is 2.79. The van der Waals surface area contributed by atoms with Gasteiger partial charge in [0.25, 0.3) is 5.91 Å². The second-order valence-electron chi connectivity index (χ2n) is 4.27. The van der Waals surface area contributed by atoms with Crippen LogP contribution in [0.25, 0.3) is 0 Å². The quantitative estimate of drug-likeness (QED) is 0.853. The third-order valence-corrected chi connectivity index (χ3v) is 3.28. The molecule has 2 N–H and O–H groups in total. The van der Waals surface area contributed by atoms with Gasteiger partial charge in [-0.1, -0.05) is 22.0 Å². The lowest BCUT2D eigenvalue weighted by molar-refractivity contribution is 0.102. The smallest absolute Gasteiger partial charge is 0.257 e. The number of hydrogen-bond acceptors (Lipinski definition) is 2. The van der Waals surface area contributed by atoms with Crippen molar-refractivity contribution in [2.24, 2.45) is 0 Å². The molecule has 0 radical (unpaired) electrons. The van der Waals surface area contributed by atoms with Crippen LogP contribution in [0.15, 0.2) is 40.9 Å². The molecule has 0 saturated heterocycles. The number of carbonyl (C=O) groups excluding carboxylic acids is 1. The highest BCUT2D eigenvalue weighted by atomic mass is 79.9. The number of nitrogens with one attached hydrogen (secondary N) is 2. The van der Waals surface area contributed by atoms with Gasteiger partial charge >= 0.3 is 0 Å². The number of amides is 1. The van der Waals surface area contributed by atoms with Gasteiger partial charge in [-0.05, 0) is 37.3 Å². The first-order chi connectivity index (χ1) is 10.0. The lowest BCUT2D eigenvalue weighted by Crippen LogP contribution is -2.16. The molecule has 0 aromatic heterocycles. The number of para-hydroxylation sites is 1. The van der Waals surface area contributed by atoms with Crippen LogP contribution < -0.4 is 10.6 Å². The molecule has 3 nitrogen and oxygen atoms in total. The van der Waals surface area contributed by atoms with E-state index in [9.17, 15) is 13.6 Å². The average Bonchev–Trinajstić information content (AvgIpc) is 2.44. The molecule has 2 rings (SSSR count). The van der Waals surface area contributed by atoms with Gasteiger partial charge in [-0.2, -0.15) is 0 Å². The molecule has 0 aliphatic rings. The van der Waals surface area contributed by atoms with Gasteiger partial charge in [0, 0.05) is 11.0 Å². The van der Waals surface area contributed by atoms with Gasteiger partial charge in [0.05, 0.1) is 16.9 Å². The van der Waals surface area contributed by atoms with Crippen molar-refractivity contribution in [3.05, 3.63) is 58.1 Å². The second-order valence-corrected chi connectivity index (χ2v) is 5.19. The largest absolute Gasteiger partial charge is 0.382 e. The van der Waals surface area contributed by atoms with Crippen LogP contribution in [0.5, 0.6) is 0 Å². The standard InChI is InChI=1S/C15H13BrF2N2O/c1-2-19-14-10(4-3-5-11(14)17)15(21)20-13-7-6-9(16)8-12(13)18/h3-8,19H,2H2,1H3,(H,20,21). The maximum Gasteiger partial charge on any atom is 0.257 e. The van der Waals surface area contributed by atoms with E-state index in [2.05, 4.69) is 26.6 Å². The van der Waals surface area contributed by atoms with Crippen LogP contribution in [0.3, 0.4) is 0 Å². The SMILES string of the molecule is CCNc1c(F)cccc1C(=O)Nc1ccc(Br)cc1F. The summed E-state index contributed by atoms with van der Waals surface area (Å²) in [5.41, 5.74) is 0.268. The Morgan fingerprint density at radius 2 is 1.95 bits per heavy atom. The summed E-state index contributed by atoms with van der Waals surface area (Å²) in [7, 11) is 0. The van der Waals surface area contributed by atoms with E-state index in [1.165, 1.54) is 30.3 Å². The van der Waals surface area contributed by atoms with Crippen molar-refractivity contribution in [2.75, 3.05) is 17.2 Å². The minimum atomic E-state index is -0.577.